The average molecular weight is 254 g/mol. The van der Waals surface area contributed by atoms with Crippen molar-refractivity contribution in [2.45, 2.75) is 25.7 Å². The lowest BCUT2D eigenvalue weighted by molar-refractivity contribution is 0.459. The second kappa shape index (κ2) is 4.45. The van der Waals surface area contributed by atoms with Crippen LogP contribution in [0.3, 0.4) is 0 Å². The van der Waals surface area contributed by atoms with Crippen LogP contribution in [0.5, 0.6) is 0 Å². The maximum absolute atomic E-state index is 3.55. The number of halogens is 1. The summed E-state index contributed by atoms with van der Waals surface area (Å²) in [6, 6.07) is 6.62. The van der Waals surface area contributed by atoms with Crippen LogP contribution in [-0.4, -0.2) is 13.1 Å². The molecule has 0 aliphatic carbocycles. The highest BCUT2D eigenvalue weighted by Crippen LogP contribution is 2.29. The van der Waals surface area contributed by atoms with Crippen molar-refractivity contribution in [1.29, 1.82) is 0 Å². The first-order valence-corrected chi connectivity index (χ1v) is 6.03. The molecule has 1 aromatic rings. The molecule has 0 radical (unpaired) electrons. The van der Waals surface area contributed by atoms with Crippen molar-refractivity contribution in [3.8, 4) is 0 Å². The Bertz CT molecular complexity index is 316. The van der Waals surface area contributed by atoms with Crippen LogP contribution < -0.4 is 5.32 Å². The van der Waals surface area contributed by atoms with Crippen molar-refractivity contribution in [3.05, 3.63) is 33.8 Å². The molecule has 0 spiro atoms. The number of nitrogens with one attached hydrogen (secondary N) is 1. The Hall–Kier alpha value is -0.340. The second-order valence-corrected chi connectivity index (χ2v) is 4.94. The first kappa shape index (κ1) is 10.2. The van der Waals surface area contributed by atoms with Gasteiger partial charge in [0, 0.05) is 4.47 Å². The monoisotopic (exact) mass is 253 g/mol. The summed E-state index contributed by atoms with van der Waals surface area (Å²) < 4.78 is 1.21. The van der Waals surface area contributed by atoms with Crippen molar-refractivity contribution >= 4 is 15.9 Å². The minimum atomic E-state index is 0.758. The van der Waals surface area contributed by atoms with Crippen LogP contribution in [0.15, 0.2) is 22.7 Å². The Morgan fingerprint density at radius 1 is 1.29 bits per heavy atom. The Kier molecular flexibility index (Phi) is 3.24. The molecule has 0 bridgehead atoms. The van der Waals surface area contributed by atoms with Gasteiger partial charge in [-0.1, -0.05) is 22.0 Å². The van der Waals surface area contributed by atoms with Crippen molar-refractivity contribution in [1.82, 2.24) is 5.32 Å². The molecule has 1 aromatic carbocycles. The van der Waals surface area contributed by atoms with Gasteiger partial charge in [0.1, 0.15) is 0 Å². The van der Waals surface area contributed by atoms with Gasteiger partial charge in [0.25, 0.3) is 0 Å². The molecule has 1 heterocycles. The molecule has 1 aliphatic rings. The van der Waals surface area contributed by atoms with Crippen LogP contribution in [0, 0.1) is 6.92 Å². The molecule has 0 amide bonds. The van der Waals surface area contributed by atoms with E-state index in [1.807, 2.05) is 0 Å². The highest BCUT2D eigenvalue weighted by Gasteiger charge is 2.16. The molecule has 76 valence electrons. The number of piperidine rings is 1. The molecule has 1 N–H and O–H groups in total. The van der Waals surface area contributed by atoms with Gasteiger partial charge in [-0.25, -0.2) is 0 Å². The predicted octanol–water partition coefficient (Wildman–Crippen LogP) is 3.22. The fraction of sp³-hybridized carbons (Fsp3) is 0.500. The molecule has 2 rings (SSSR count). The van der Waals surface area contributed by atoms with E-state index in [0.29, 0.717) is 0 Å². The lowest BCUT2D eigenvalue weighted by Gasteiger charge is -2.24. The number of hydrogen-bond donors (Lipinski definition) is 1. The lowest BCUT2D eigenvalue weighted by atomic mass is 9.88. The first-order valence-electron chi connectivity index (χ1n) is 5.24. The van der Waals surface area contributed by atoms with E-state index in [9.17, 15) is 0 Å². The van der Waals surface area contributed by atoms with Gasteiger partial charge in [-0.05, 0) is 62.0 Å². The maximum atomic E-state index is 3.55. The van der Waals surface area contributed by atoms with Gasteiger partial charge in [0.15, 0.2) is 0 Å². The molecule has 0 atom stereocenters. The molecule has 1 saturated heterocycles. The van der Waals surface area contributed by atoms with E-state index >= 15 is 0 Å². The van der Waals surface area contributed by atoms with E-state index in [2.05, 4.69) is 46.4 Å². The normalized spacial score (nSPS) is 18.4. The lowest BCUT2D eigenvalue weighted by Crippen LogP contribution is -2.26. The number of aryl methyl sites for hydroxylation is 1. The van der Waals surface area contributed by atoms with Gasteiger partial charge in [0.2, 0.25) is 0 Å². The van der Waals surface area contributed by atoms with E-state index in [4.69, 9.17) is 0 Å². The Labute approximate surface area is 94.0 Å². The zero-order valence-corrected chi connectivity index (χ0v) is 10.1. The van der Waals surface area contributed by atoms with E-state index in [1.165, 1.54) is 28.4 Å². The second-order valence-electron chi connectivity index (χ2n) is 4.03. The molecule has 1 nitrogen and oxygen atoms in total. The Balaban J connectivity index is 2.24. The maximum Gasteiger partial charge on any atom is 0.0178 e. The van der Waals surface area contributed by atoms with Gasteiger partial charge < -0.3 is 5.32 Å². The largest absolute Gasteiger partial charge is 0.317 e. The van der Waals surface area contributed by atoms with Crippen molar-refractivity contribution < 1.29 is 0 Å². The van der Waals surface area contributed by atoms with E-state index < -0.39 is 0 Å². The third-order valence-electron chi connectivity index (χ3n) is 3.02. The van der Waals surface area contributed by atoms with Crippen LogP contribution in [0.25, 0.3) is 0 Å². The summed E-state index contributed by atoms with van der Waals surface area (Å²) in [5, 5.41) is 3.41. The quantitative estimate of drug-likeness (QED) is 0.811. The molecule has 0 aromatic heterocycles. The molecular formula is C12H16BrN. The topological polar surface area (TPSA) is 12.0 Å². The van der Waals surface area contributed by atoms with Gasteiger partial charge in [-0.2, -0.15) is 0 Å². The summed E-state index contributed by atoms with van der Waals surface area (Å²) in [5.41, 5.74) is 2.96. The highest BCUT2D eigenvalue weighted by molar-refractivity contribution is 9.10. The standard InChI is InChI=1S/C12H16BrN/c1-9-2-3-11(13)8-12(9)10-4-6-14-7-5-10/h2-3,8,10,14H,4-7H2,1H3. The zero-order chi connectivity index (χ0) is 9.97. The summed E-state index contributed by atoms with van der Waals surface area (Å²) in [6.45, 7) is 4.54. The fourth-order valence-electron chi connectivity index (χ4n) is 2.18. The van der Waals surface area contributed by atoms with Crippen molar-refractivity contribution in [2.24, 2.45) is 0 Å². The molecule has 14 heavy (non-hydrogen) atoms. The summed E-state index contributed by atoms with van der Waals surface area (Å²) in [4.78, 5) is 0. The fourth-order valence-corrected chi connectivity index (χ4v) is 2.56. The van der Waals surface area contributed by atoms with Gasteiger partial charge in [-0.15, -0.1) is 0 Å². The summed E-state index contributed by atoms with van der Waals surface area (Å²) >= 11 is 3.55. The Morgan fingerprint density at radius 2 is 2.00 bits per heavy atom. The predicted molar refractivity (Wildman–Crippen MR) is 63.7 cm³/mol. The van der Waals surface area contributed by atoms with E-state index in [0.717, 1.165) is 19.0 Å². The molecule has 1 fully saturated rings. The van der Waals surface area contributed by atoms with E-state index in [1.54, 1.807) is 0 Å². The molecule has 2 heteroatoms. The first-order chi connectivity index (χ1) is 6.77. The molecule has 0 unspecified atom stereocenters. The van der Waals surface area contributed by atoms with Crippen molar-refractivity contribution in [3.63, 3.8) is 0 Å². The van der Waals surface area contributed by atoms with E-state index in [-0.39, 0.29) is 0 Å². The Morgan fingerprint density at radius 3 is 2.71 bits per heavy atom. The smallest absolute Gasteiger partial charge is 0.0178 e. The third kappa shape index (κ3) is 2.18. The minimum Gasteiger partial charge on any atom is -0.317 e. The SMILES string of the molecule is Cc1ccc(Br)cc1C1CCNCC1. The summed E-state index contributed by atoms with van der Waals surface area (Å²) in [6.07, 6.45) is 2.55. The van der Waals surface area contributed by atoms with Crippen LogP contribution in [0.4, 0.5) is 0 Å². The molecule has 1 aliphatic heterocycles. The van der Waals surface area contributed by atoms with Crippen LogP contribution in [0.1, 0.15) is 29.9 Å². The number of rotatable bonds is 1. The highest BCUT2D eigenvalue weighted by atomic mass is 79.9. The zero-order valence-electron chi connectivity index (χ0n) is 8.52. The van der Waals surface area contributed by atoms with Gasteiger partial charge >= 0.3 is 0 Å². The third-order valence-corrected chi connectivity index (χ3v) is 3.51. The summed E-state index contributed by atoms with van der Waals surface area (Å²) in [7, 11) is 0. The van der Waals surface area contributed by atoms with Crippen molar-refractivity contribution in [2.75, 3.05) is 13.1 Å². The summed E-state index contributed by atoms with van der Waals surface area (Å²) in [5.74, 6) is 0.758. The van der Waals surface area contributed by atoms with Gasteiger partial charge in [0.05, 0.1) is 0 Å². The number of hydrogen-bond acceptors (Lipinski definition) is 1. The molecular weight excluding hydrogens is 238 g/mol. The van der Waals surface area contributed by atoms with Crippen LogP contribution in [0.2, 0.25) is 0 Å². The number of benzene rings is 1. The average Bonchev–Trinajstić information content (AvgIpc) is 2.23. The molecule has 0 saturated carbocycles. The minimum absolute atomic E-state index is 0.758. The van der Waals surface area contributed by atoms with Crippen LogP contribution in [-0.2, 0) is 0 Å². The van der Waals surface area contributed by atoms with Gasteiger partial charge in [-0.3, -0.25) is 0 Å². The van der Waals surface area contributed by atoms with Crippen LogP contribution >= 0.6 is 15.9 Å².